The van der Waals surface area contributed by atoms with Gasteiger partial charge in [-0.15, -0.1) is 0 Å². The second kappa shape index (κ2) is 3.82. The zero-order valence-corrected chi connectivity index (χ0v) is 9.67. The number of rotatable bonds is 1. The van der Waals surface area contributed by atoms with Crippen LogP contribution in [0.1, 0.15) is 24.3 Å². The van der Waals surface area contributed by atoms with Crippen LogP contribution in [0.25, 0.3) is 0 Å². The van der Waals surface area contributed by atoms with E-state index < -0.39 is 0 Å². The highest BCUT2D eigenvalue weighted by molar-refractivity contribution is 6.32. The van der Waals surface area contributed by atoms with Crippen LogP contribution >= 0.6 is 11.6 Å². The number of fused-ring (bicyclic) bond motifs is 1. The van der Waals surface area contributed by atoms with Crippen molar-refractivity contribution in [3.05, 3.63) is 22.7 Å². The summed E-state index contributed by atoms with van der Waals surface area (Å²) in [7, 11) is 0. The smallest absolute Gasteiger partial charge is 0.179 e. The van der Waals surface area contributed by atoms with Gasteiger partial charge in [-0.3, -0.25) is 0 Å². The van der Waals surface area contributed by atoms with Gasteiger partial charge in [0.15, 0.2) is 11.5 Å². The first-order valence-corrected chi connectivity index (χ1v) is 5.98. The highest BCUT2D eigenvalue weighted by Crippen LogP contribution is 2.45. The van der Waals surface area contributed by atoms with Gasteiger partial charge in [-0.1, -0.05) is 11.6 Å². The van der Waals surface area contributed by atoms with E-state index in [9.17, 15) is 0 Å². The minimum absolute atomic E-state index is 0.279. The van der Waals surface area contributed by atoms with Crippen molar-refractivity contribution < 1.29 is 9.47 Å². The molecule has 1 aliphatic heterocycles. The van der Waals surface area contributed by atoms with Crippen LogP contribution in [-0.2, 0) is 0 Å². The van der Waals surface area contributed by atoms with Crippen LogP contribution in [0.15, 0.2) is 12.1 Å². The maximum absolute atomic E-state index is 6.19. The van der Waals surface area contributed by atoms with Crippen molar-refractivity contribution in [2.24, 2.45) is 5.73 Å². The van der Waals surface area contributed by atoms with Crippen molar-refractivity contribution in [3.63, 3.8) is 0 Å². The minimum atomic E-state index is 0.279. The molecule has 1 fully saturated rings. The van der Waals surface area contributed by atoms with E-state index in [1.807, 2.05) is 12.1 Å². The van der Waals surface area contributed by atoms with Crippen molar-refractivity contribution in [1.29, 1.82) is 0 Å². The molecule has 0 radical (unpaired) electrons. The van der Waals surface area contributed by atoms with Gasteiger partial charge in [-0.05, 0) is 24.1 Å². The summed E-state index contributed by atoms with van der Waals surface area (Å²) in [5.41, 5.74) is 7.01. The standard InChI is InChI=1S/C12H14ClNO2/c13-9-4-7(8-6-10(8)14)5-11-12(9)16-3-1-2-15-11/h4-5,8,10H,1-3,6,14H2/t8-,10+/m0/s1. The molecule has 0 aromatic heterocycles. The van der Waals surface area contributed by atoms with Crippen LogP contribution in [0, 0.1) is 0 Å². The molecule has 3 nitrogen and oxygen atoms in total. The summed E-state index contributed by atoms with van der Waals surface area (Å²) < 4.78 is 11.2. The molecule has 0 bridgehead atoms. The lowest BCUT2D eigenvalue weighted by Gasteiger charge is -2.11. The van der Waals surface area contributed by atoms with E-state index in [-0.39, 0.29) is 6.04 Å². The topological polar surface area (TPSA) is 44.5 Å². The maximum atomic E-state index is 6.19. The molecule has 1 aromatic carbocycles. The van der Waals surface area contributed by atoms with E-state index in [0.717, 1.165) is 18.6 Å². The van der Waals surface area contributed by atoms with E-state index in [1.54, 1.807) is 0 Å². The van der Waals surface area contributed by atoms with Crippen molar-refractivity contribution in [3.8, 4) is 11.5 Å². The lowest BCUT2D eigenvalue weighted by molar-refractivity contribution is 0.297. The summed E-state index contributed by atoms with van der Waals surface area (Å²) in [5.74, 6) is 1.88. The Hall–Kier alpha value is -0.930. The Morgan fingerprint density at radius 2 is 2.00 bits per heavy atom. The molecule has 2 atom stereocenters. The van der Waals surface area contributed by atoms with Crippen molar-refractivity contribution in [1.82, 2.24) is 0 Å². The van der Waals surface area contributed by atoms with Gasteiger partial charge in [0.25, 0.3) is 0 Å². The van der Waals surface area contributed by atoms with Crippen LogP contribution in [0.4, 0.5) is 0 Å². The van der Waals surface area contributed by atoms with Crippen LogP contribution in [0.3, 0.4) is 0 Å². The molecule has 1 heterocycles. The molecule has 4 heteroatoms. The molecule has 0 amide bonds. The average Bonchev–Trinajstić information content (AvgIpc) is 3.00. The lowest BCUT2D eigenvalue weighted by Crippen LogP contribution is -2.01. The summed E-state index contributed by atoms with van der Waals surface area (Å²) in [6, 6.07) is 4.25. The molecule has 16 heavy (non-hydrogen) atoms. The second-order valence-corrected chi connectivity index (χ2v) is 4.79. The fraction of sp³-hybridized carbons (Fsp3) is 0.500. The number of benzene rings is 1. The number of halogens is 1. The van der Waals surface area contributed by atoms with Crippen LogP contribution < -0.4 is 15.2 Å². The first-order chi connectivity index (χ1) is 7.75. The molecular weight excluding hydrogens is 226 g/mol. The summed E-state index contributed by atoms with van der Waals surface area (Å²) >= 11 is 6.19. The molecule has 2 aliphatic rings. The molecule has 2 N–H and O–H groups in total. The van der Waals surface area contributed by atoms with E-state index >= 15 is 0 Å². The Balaban J connectivity index is 1.99. The van der Waals surface area contributed by atoms with Gasteiger partial charge in [-0.25, -0.2) is 0 Å². The third-order valence-electron chi connectivity index (χ3n) is 3.09. The Bertz CT molecular complexity index is 422. The molecular formula is C12H14ClNO2. The third-order valence-corrected chi connectivity index (χ3v) is 3.37. The second-order valence-electron chi connectivity index (χ2n) is 4.39. The number of ether oxygens (including phenoxy) is 2. The number of nitrogens with two attached hydrogens (primary N) is 1. The normalized spacial score (nSPS) is 27.4. The van der Waals surface area contributed by atoms with Gasteiger partial charge in [0.05, 0.1) is 18.2 Å². The fourth-order valence-electron chi connectivity index (χ4n) is 2.06. The molecule has 0 spiro atoms. The number of hydrogen-bond acceptors (Lipinski definition) is 3. The quantitative estimate of drug-likeness (QED) is 0.818. The van der Waals surface area contributed by atoms with Gasteiger partial charge in [0.1, 0.15) is 0 Å². The largest absolute Gasteiger partial charge is 0.489 e. The predicted molar refractivity (Wildman–Crippen MR) is 62.4 cm³/mol. The van der Waals surface area contributed by atoms with Crippen LogP contribution in [0.5, 0.6) is 11.5 Å². The number of hydrogen-bond donors (Lipinski definition) is 1. The van der Waals surface area contributed by atoms with E-state index in [2.05, 4.69) is 0 Å². The molecule has 1 aliphatic carbocycles. The van der Waals surface area contributed by atoms with Gasteiger partial charge >= 0.3 is 0 Å². The first kappa shape index (κ1) is 10.2. The monoisotopic (exact) mass is 239 g/mol. The Morgan fingerprint density at radius 1 is 1.25 bits per heavy atom. The molecule has 86 valence electrons. The Kier molecular flexibility index (Phi) is 2.45. The summed E-state index contributed by atoms with van der Waals surface area (Å²) in [6.07, 6.45) is 1.93. The van der Waals surface area contributed by atoms with Crippen LogP contribution in [-0.4, -0.2) is 19.3 Å². The zero-order valence-electron chi connectivity index (χ0n) is 8.91. The SMILES string of the molecule is N[C@@H]1C[C@H]1c1cc(Cl)c2c(c1)OCCCO2. The van der Waals surface area contributed by atoms with E-state index in [0.29, 0.717) is 29.9 Å². The molecule has 1 aromatic rings. The van der Waals surface area contributed by atoms with E-state index in [4.69, 9.17) is 26.8 Å². The third kappa shape index (κ3) is 1.74. The maximum Gasteiger partial charge on any atom is 0.179 e. The fourth-order valence-corrected chi connectivity index (χ4v) is 2.34. The minimum Gasteiger partial charge on any atom is -0.489 e. The first-order valence-electron chi connectivity index (χ1n) is 5.60. The summed E-state index contributed by atoms with van der Waals surface area (Å²) in [4.78, 5) is 0. The highest BCUT2D eigenvalue weighted by atomic mass is 35.5. The van der Waals surface area contributed by atoms with E-state index in [1.165, 1.54) is 5.56 Å². The lowest BCUT2D eigenvalue weighted by atomic mass is 10.1. The highest BCUT2D eigenvalue weighted by Gasteiger charge is 2.36. The molecule has 3 rings (SSSR count). The zero-order chi connectivity index (χ0) is 11.1. The Morgan fingerprint density at radius 3 is 2.75 bits per heavy atom. The summed E-state index contributed by atoms with van der Waals surface area (Å²) in [6.45, 7) is 1.35. The predicted octanol–water partition coefficient (Wildman–Crippen LogP) is 2.32. The van der Waals surface area contributed by atoms with Gasteiger partial charge in [0, 0.05) is 18.4 Å². The van der Waals surface area contributed by atoms with Gasteiger partial charge < -0.3 is 15.2 Å². The molecule has 1 saturated carbocycles. The average molecular weight is 240 g/mol. The van der Waals surface area contributed by atoms with Gasteiger partial charge in [-0.2, -0.15) is 0 Å². The van der Waals surface area contributed by atoms with Crippen LogP contribution in [0.2, 0.25) is 5.02 Å². The molecule has 0 saturated heterocycles. The van der Waals surface area contributed by atoms with Crippen molar-refractivity contribution in [2.45, 2.75) is 24.8 Å². The van der Waals surface area contributed by atoms with Crippen molar-refractivity contribution in [2.75, 3.05) is 13.2 Å². The summed E-state index contributed by atoms with van der Waals surface area (Å²) in [5, 5.41) is 0.633. The Labute approximate surface area is 99.5 Å². The molecule has 0 unspecified atom stereocenters. The van der Waals surface area contributed by atoms with Gasteiger partial charge in [0.2, 0.25) is 0 Å². The van der Waals surface area contributed by atoms with Crippen molar-refractivity contribution >= 4 is 11.6 Å².